The number of hydrogen-bond acceptors (Lipinski definition) is 8. The highest BCUT2D eigenvalue weighted by molar-refractivity contribution is 5.16. The normalized spacial score (nSPS) is 5.85. The summed E-state index contributed by atoms with van der Waals surface area (Å²) in [6.07, 6.45) is 0. The summed E-state index contributed by atoms with van der Waals surface area (Å²) < 4.78 is 32.7. The van der Waals surface area contributed by atoms with Gasteiger partial charge >= 0.3 is 0 Å². The smallest absolute Gasteiger partial charge is 0.0777 e. The van der Waals surface area contributed by atoms with Crippen molar-refractivity contribution in [2.75, 3.05) is 0 Å². The van der Waals surface area contributed by atoms with Crippen molar-refractivity contribution in [1.29, 1.82) is 21.6 Å². The molecule has 0 aliphatic carbocycles. The van der Waals surface area contributed by atoms with Crippen molar-refractivity contribution < 1.29 is 28.9 Å². The summed E-state index contributed by atoms with van der Waals surface area (Å²) in [5, 5.41) is 22.0. The maximum absolute atomic E-state index is 8.60. The first-order chi connectivity index (χ1) is 6.00. The minimum absolute atomic E-state index is 2.50. The van der Waals surface area contributed by atoms with Gasteiger partial charge in [0.2, 0.25) is 0 Å². The molecule has 0 amide bonds. The zero-order chi connectivity index (χ0) is 12.5. The second-order valence-corrected chi connectivity index (χ2v) is 1.19. The zero-order valence-corrected chi connectivity index (χ0v) is 7.63. The van der Waals surface area contributed by atoms with Gasteiger partial charge in [-0.2, -0.15) is 14.0 Å². The van der Waals surface area contributed by atoms with E-state index in [2.05, 4.69) is 26.9 Å². The van der Waals surface area contributed by atoms with E-state index in [1.807, 2.05) is 0 Å². The molecular weight excluding hydrogens is 204 g/mol. The lowest BCUT2D eigenvalue weighted by Gasteiger charge is -2.03. The first-order valence-corrected chi connectivity index (χ1v) is 3.31. The second-order valence-electron chi connectivity index (χ2n) is 0.396. The molecule has 0 aromatic rings. The van der Waals surface area contributed by atoms with Crippen molar-refractivity contribution in [3.05, 3.63) is 0 Å². The highest BCUT2D eigenvalue weighted by Crippen LogP contribution is 1.60. The molecule has 13 heavy (non-hydrogen) atoms. The van der Waals surface area contributed by atoms with Crippen molar-refractivity contribution in [3.63, 3.8) is 0 Å². The van der Waals surface area contributed by atoms with E-state index in [9.17, 15) is 0 Å². The summed E-state index contributed by atoms with van der Waals surface area (Å²) in [6, 6.07) is 0. The molecular formula is C4H13ClN4O4. The fourth-order valence-electron chi connectivity index (χ4n) is 0. The largest absolute Gasteiger partial charge is 0.317 e. The Labute approximate surface area is 78.2 Å². The van der Waals surface area contributed by atoms with E-state index in [0.29, 0.717) is 0 Å². The quantitative estimate of drug-likeness (QED) is 0.269. The maximum Gasteiger partial charge on any atom is 0.0777 e. The molecule has 0 radical (unpaired) electrons. The van der Waals surface area contributed by atoms with Crippen LogP contribution in [0.2, 0.25) is 0 Å². The van der Waals surface area contributed by atoms with Crippen molar-refractivity contribution in [2.45, 2.75) is 0 Å². The Bertz CT molecular complexity index is 67.0. The summed E-state index contributed by atoms with van der Waals surface area (Å²) in [5.41, 5.74) is 0. The van der Waals surface area contributed by atoms with Gasteiger partial charge in [-0.05, 0) is 26.9 Å². The van der Waals surface area contributed by atoms with Crippen molar-refractivity contribution in [3.8, 4) is 0 Å². The molecule has 5 N–H and O–H groups in total. The predicted octanol–water partition coefficient (Wildman–Crippen LogP) is -3.06. The summed E-state index contributed by atoms with van der Waals surface area (Å²) in [4.78, 5) is 0. The molecule has 0 aromatic heterocycles. The van der Waals surface area contributed by atoms with Crippen LogP contribution < -0.4 is 14.0 Å². The van der Waals surface area contributed by atoms with Crippen LogP contribution in [0.3, 0.4) is 0 Å². The Morgan fingerprint density at radius 3 is 0.692 bits per heavy atom. The van der Waals surface area contributed by atoms with Crippen LogP contribution in [0.1, 0.15) is 0 Å². The van der Waals surface area contributed by atoms with E-state index in [4.69, 9.17) is 40.3 Å². The Kier molecular flexibility index (Phi) is 103. The molecule has 0 saturated carbocycles. The average Bonchev–Trinajstić information content (AvgIpc) is 2.14. The van der Waals surface area contributed by atoms with Crippen LogP contribution >= 0.6 is 0 Å². The van der Waals surface area contributed by atoms with Crippen LogP contribution in [0.5, 0.6) is 0 Å². The van der Waals surface area contributed by atoms with E-state index in [1.165, 1.54) is 0 Å². The molecule has 0 aliphatic rings. The molecule has 8 nitrogen and oxygen atoms in total. The van der Waals surface area contributed by atoms with Gasteiger partial charge in [0.15, 0.2) is 0 Å². The van der Waals surface area contributed by atoms with Crippen LogP contribution in [0.4, 0.5) is 0 Å². The summed E-state index contributed by atoms with van der Waals surface area (Å²) in [7, 11) is -4.69. The molecule has 0 aromatic carbocycles. The highest BCUT2D eigenvalue weighted by Gasteiger charge is 1.98. The van der Waals surface area contributed by atoms with Gasteiger partial charge in [-0.3, -0.25) is 0 Å². The number of hydrogen-bond donors (Lipinski definition) is 5. The van der Waals surface area contributed by atoms with E-state index < -0.39 is 10.2 Å². The van der Waals surface area contributed by atoms with Crippen LogP contribution in [0.25, 0.3) is 0 Å². The number of nitrogens with one attached hydrogen (secondary N) is 4. The van der Waals surface area contributed by atoms with Crippen LogP contribution in [0, 0.1) is 31.9 Å². The van der Waals surface area contributed by atoms with Crippen LogP contribution in [-0.2, 0) is 0 Å². The first kappa shape index (κ1) is 29.8. The third-order valence-electron chi connectivity index (χ3n) is 0. The minimum Gasteiger partial charge on any atom is -0.317 e. The summed E-state index contributed by atoms with van der Waals surface area (Å²) >= 11 is 0. The Morgan fingerprint density at radius 2 is 0.692 bits per heavy atom. The van der Waals surface area contributed by atoms with Crippen molar-refractivity contribution in [2.24, 2.45) is 0 Å². The molecule has 80 valence electrons. The highest BCUT2D eigenvalue weighted by atomic mass is 35.7. The van der Waals surface area contributed by atoms with E-state index in [0.717, 1.165) is 0 Å². The fraction of sp³-hybridized carbons (Fsp3) is 0. The Balaban J connectivity index is -0.0000000230. The van der Waals surface area contributed by atoms with E-state index >= 15 is 0 Å². The standard InChI is InChI=1S/4CH3N.ClHO4/c4*1-2;2-1(3,4)5/h4*2H,1H2;(H,2,3,4,5). The number of halogens is 1. The summed E-state index contributed by atoms with van der Waals surface area (Å²) in [6.45, 7) is 10.0. The molecule has 0 spiro atoms. The predicted molar refractivity (Wildman–Crippen MR) is 41.6 cm³/mol. The van der Waals surface area contributed by atoms with Crippen molar-refractivity contribution in [1.82, 2.24) is 0 Å². The molecule has 0 rings (SSSR count). The van der Waals surface area contributed by atoms with Gasteiger partial charge in [0.05, 0.1) is 14.9 Å². The monoisotopic (exact) mass is 216 g/mol. The number of rotatable bonds is 0. The zero-order valence-electron chi connectivity index (χ0n) is 6.88. The molecule has 0 aliphatic heterocycles. The van der Waals surface area contributed by atoms with Gasteiger partial charge in [0.25, 0.3) is 0 Å². The molecule has 9 heteroatoms. The van der Waals surface area contributed by atoms with Crippen LogP contribution in [-0.4, -0.2) is 31.5 Å². The second kappa shape index (κ2) is 45.0. The van der Waals surface area contributed by atoms with Gasteiger partial charge < -0.3 is 21.6 Å². The molecule has 0 saturated heterocycles. The van der Waals surface area contributed by atoms with Gasteiger partial charge in [-0.1, -0.05) is 0 Å². The lowest BCUT2D eigenvalue weighted by atomic mass is 11.8. The Hall–Kier alpha value is -1.19. The lowest BCUT2D eigenvalue weighted by molar-refractivity contribution is -1.92. The summed E-state index contributed by atoms with van der Waals surface area (Å²) in [5.74, 6) is 0. The van der Waals surface area contributed by atoms with E-state index in [-0.39, 0.29) is 0 Å². The molecule has 0 fully saturated rings. The minimum atomic E-state index is -4.69. The van der Waals surface area contributed by atoms with Gasteiger partial charge in [0, 0.05) is 0 Å². The lowest BCUT2D eigenvalue weighted by Crippen LogP contribution is -2.58. The van der Waals surface area contributed by atoms with Gasteiger partial charge in [0.1, 0.15) is 0 Å². The molecule has 0 bridgehead atoms. The van der Waals surface area contributed by atoms with E-state index in [1.54, 1.807) is 0 Å². The molecule has 0 unspecified atom stereocenters. The fourth-order valence-corrected chi connectivity index (χ4v) is 0. The van der Waals surface area contributed by atoms with Crippen LogP contribution in [0.15, 0.2) is 0 Å². The maximum atomic E-state index is 8.60. The third kappa shape index (κ3) is 592. The Morgan fingerprint density at radius 1 is 0.692 bits per heavy atom. The van der Waals surface area contributed by atoms with Gasteiger partial charge in [-0.15, -0.1) is 0 Å². The topological polar surface area (TPSA) is 185 Å². The molecule has 0 heterocycles. The SMILES string of the molecule is C=N.C=N.C=N.C=N.[O-][Cl+3]([O-])([O-])O. The first-order valence-electron chi connectivity index (χ1n) is 2.05. The average molecular weight is 217 g/mol. The molecule has 0 atom stereocenters. The van der Waals surface area contributed by atoms with Gasteiger partial charge in [-0.25, -0.2) is 0 Å². The third-order valence-corrected chi connectivity index (χ3v) is 0. The van der Waals surface area contributed by atoms with Crippen molar-refractivity contribution >= 4 is 26.9 Å².